The fraction of sp³-hybridized carbons (Fsp3) is 0.938. The fourth-order valence-electron chi connectivity index (χ4n) is 2.88. The molecule has 1 fully saturated rings. The minimum atomic E-state index is -0.214. The number of thioether (sulfide) groups is 1. The molecule has 1 rings (SSSR count). The standard InChI is InChI=1S/C16H30N2S/c1-4-10-18-16(13-17)9-5-6-15(16)8-12-19-11-7-14(2)3/h14-15,18H,4-12H2,1-3H3. The first-order chi connectivity index (χ1) is 9.14. The Hall–Kier alpha value is -0.200. The summed E-state index contributed by atoms with van der Waals surface area (Å²) in [7, 11) is 0. The largest absolute Gasteiger partial charge is 0.299 e. The number of nitriles is 1. The monoisotopic (exact) mass is 282 g/mol. The molecular formula is C16H30N2S. The molecule has 2 unspecified atom stereocenters. The molecule has 0 saturated heterocycles. The van der Waals surface area contributed by atoms with E-state index in [-0.39, 0.29) is 5.54 Å². The van der Waals surface area contributed by atoms with Crippen molar-refractivity contribution in [3.05, 3.63) is 0 Å². The van der Waals surface area contributed by atoms with Crippen LogP contribution < -0.4 is 5.32 Å². The maximum absolute atomic E-state index is 9.57. The zero-order valence-corrected chi connectivity index (χ0v) is 13.7. The third kappa shape index (κ3) is 5.36. The van der Waals surface area contributed by atoms with Gasteiger partial charge in [-0.1, -0.05) is 27.2 Å². The van der Waals surface area contributed by atoms with Crippen molar-refractivity contribution in [3.8, 4) is 6.07 Å². The molecule has 1 aliphatic rings. The maximum Gasteiger partial charge on any atom is 0.109 e. The molecule has 19 heavy (non-hydrogen) atoms. The number of rotatable bonds is 9. The van der Waals surface area contributed by atoms with Crippen LogP contribution in [0.4, 0.5) is 0 Å². The highest BCUT2D eigenvalue weighted by Gasteiger charge is 2.42. The summed E-state index contributed by atoms with van der Waals surface area (Å²) in [6.45, 7) is 7.72. The highest BCUT2D eigenvalue weighted by Crippen LogP contribution is 2.38. The summed E-state index contributed by atoms with van der Waals surface area (Å²) >= 11 is 2.07. The second-order valence-electron chi connectivity index (χ2n) is 6.18. The molecular weight excluding hydrogens is 252 g/mol. The first kappa shape index (κ1) is 16.9. The van der Waals surface area contributed by atoms with Crippen LogP contribution in [0.1, 0.15) is 59.3 Å². The van der Waals surface area contributed by atoms with Crippen LogP contribution in [0.25, 0.3) is 0 Å². The van der Waals surface area contributed by atoms with Gasteiger partial charge in [0.2, 0.25) is 0 Å². The van der Waals surface area contributed by atoms with Gasteiger partial charge in [0.05, 0.1) is 6.07 Å². The molecule has 2 nitrogen and oxygen atoms in total. The zero-order valence-electron chi connectivity index (χ0n) is 12.9. The van der Waals surface area contributed by atoms with E-state index in [2.05, 4.69) is 43.9 Å². The second-order valence-corrected chi connectivity index (χ2v) is 7.41. The molecule has 0 aromatic carbocycles. The van der Waals surface area contributed by atoms with Gasteiger partial charge < -0.3 is 0 Å². The molecule has 0 heterocycles. The molecule has 1 aliphatic carbocycles. The summed E-state index contributed by atoms with van der Waals surface area (Å²) in [5.41, 5.74) is -0.214. The smallest absolute Gasteiger partial charge is 0.109 e. The van der Waals surface area contributed by atoms with E-state index >= 15 is 0 Å². The molecule has 0 bridgehead atoms. The van der Waals surface area contributed by atoms with Gasteiger partial charge in [-0.15, -0.1) is 0 Å². The molecule has 0 spiro atoms. The average molecular weight is 282 g/mol. The van der Waals surface area contributed by atoms with Gasteiger partial charge in [0.15, 0.2) is 0 Å². The number of hydrogen-bond acceptors (Lipinski definition) is 3. The SMILES string of the molecule is CCCNC1(C#N)CCCC1CCSCCC(C)C. The van der Waals surface area contributed by atoms with Crippen molar-refractivity contribution in [2.45, 2.75) is 64.8 Å². The summed E-state index contributed by atoms with van der Waals surface area (Å²) < 4.78 is 0. The van der Waals surface area contributed by atoms with Gasteiger partial charge in [-0.05, 0) is 62.0 Å². The highest BCUT2D eigenvalue weighted by atomic mass is 32.2. The van der Waals surface area contributed by atoms with Crippen molar-refractivity contribution in [2.75, 3.05) is 18.1 Å². The zero-order chi connectivity index (χ0) is 14.1. The molecule has 1 saturated carbocycles. The minimum absolute atomic E-state index is 0.214. The predicted molar refractivity (Wildman–Crippen MR) is 85.4 cm³/mol. The summed E-state index contributed by atoms with van der Waals surface area (Å²) in [6, 6.07) is 2.60. The Morgan fingerprint density at radius 3 is 2.84 bits per heavy atom. The lowest BCUT2D eigenvalue weighted by Gasteiger charge is -2.30. The molecule has 0 aliphatic heterocycles. The van der Waals surface area contributed by atoms with Gasteiger partial charge in [-0.2, -0.15) is 17.0 Å². The van der Waals surface area contributed by atoms with E-state index in [1.165, 1.54) is 37.2 Å². The molecule has 0 aromatic rings. The predicted octanol–water partition coefficient (Wildman–Crippen LogP) is 4.22. The summed E-state index contributed by atoms with van der Waals surface area (Å²) in [6.07, 6.45) is 7.12. The lowest BCUT2D eigenvalue weighted by Crippen LogP contribution is -2.47. The minimum Gasteiger partial charge on any atom is -0.299 e. The van der Waals surface area contributed by atoms with E-state index in [1.807, 2.05) is 0 Å². The van der Waals surface area contributed by atoms with E-state index in [0.717, 1.165) is 25.3 Å². The maximum atomic E-state index is 9.57. The van der Waals surface area contributed by atoms with E-state index in [0.29, 0.717) is 5.92 Å². The lowest BCUT2D eigenvalue weighted by molar-refractivity contribution is 0.311. The molecule has 2 atom stereocenters. The van der Waals surface area contributed by atoms with Gasteiger partial charge in [0.1, 0.15) is 5.54 Å². The van der Waals surface area contributed by atoms with Crippen LogP contribution in [-0.4, -0.2) is 23.6 Å². The summed E-state index contributed by atoms with van der Waals surface area (Å²) in [4.78, 5) is 0. The van der Waals surface area contributed by atoms with E-state index in [1.54, 1.807) is 0 Å². The Kier molecular flexibility index (Phi) is 7.87. The van der Waals surface area contributed by atoms with Crippen LogP contribution in [0.5, 0.6) is 0 Å². The fourth-order valence-corrected chi connectivity index (χ4v) is 4.18. The highest BCUT2D eigenvalue weighted by molar-refractivity contribution is 7.99. The van der Waals surface area contributed by atoms with Gasteiger partial charge in [0.25, 0.3) is 0 Å². The summed E-state index contributed by atoms with van der Waals surface area (Å²) in [5.74, 6) is 3.86. The topological polar surface area (TPSA) is 35.8 Å². The average Bonchev–Trinajstić information content (AvgIpc) is 2.79. The quantitative estimate of drug-likeness (QED) is 0.643. The molecule has 0 aromatic heterocycles. The van der Waals surface area contributed by atoms with Crippen LogP contribution in [0.2, 0.25) is 0 Å². The molecule has 110 valence electrons. The molecule has 0 radical (unpaired) electrons. The number of nitrogens with one attached hydrogen (secondary N) is 1. The first-order valence-electron chi connectivity index (χ1n) is 7.88. The molecule has 0 amide bonds. The van der Waals surface area contributed by atoms with Crippen LogP contribution in [0, 0.1) is 23.2 Å². The van der Waals surface area contributed by atoms with Crippen LogP contribution in [0.15, 0.2) is 0 Å². The Morgan fingerprint density at radius 1 is 1.42 bits per heavy atom. The number of hydrogen-bond donors (Lipinski definition) is 1. The summed E-state index contributed by atoms with van der Waals surface area (Å²) in [5, 5.41) is 13.1. The number of nitrogens with zero attached hydrogens (tertiary/aromatic N) is 1. The Balaban J connectivity index is 2.32. The van der Waals surface area contributed by atoms with Crippen LogP contribution >= 0.6 is 11.8 Å². The van der Waals surface area contributed by atoms with Crippen molar-refractivity contribution < 1.29 is 0 Å². The normalized spacial score (nSPS) is 26.8. The first-order valence-corrected chi connectivity index (χ1v) is 9.04. The lowest BCUT2D eigenvalue weighted by atomic mass is 9.86. The van der Waals surface area contributed by atoms with E-state index < -0.39 is 0 Å². The third-order valence-corrected chi connectivity index (χ3v) is 5.21. The second kappa shape index (κ2) is 8.87. The van der Waals surface area contributed by atoms with E-state index in [4.69, 9.17) is 0 Å². The Morgan fingerprint density at radius 2 is 2.21 bits per heavy atom. The van der Waals surface area contributed by atoms with Gasteiger partial charge >= 0.3 is 0 Å². The van der Waals surface area contributed by atoms with Gasteiger partial charge in [0, 0.05) is 0 Å². The Bertz CT molecular complexity index is 285. The van der Waals surface area contributed by atoms with E-state index in [9.17, 15) is 5.26 Å². The molecule has 3 heteroatoms. The van der Waals surface area contributed by atoms with Crippen molar-refractivity contribution in [1.82, 2.24) is 5.32 Å². The Labute approximate surface area is 123 Å². The van der Waals surface area contributed by atoms with Crippen LogP contribution in [-0.2, 0) is 0 Å². The van der Waals surface area contributed by atoms with Crippen molar-refractivity contribution in [1.29, 1.82) is 5.26 Å². The van der Waals surface area contributed by atoms with Gasteiger partial charge in [-0.3, -0.25) is 5.32 Å². The van der Waals surface area contributed by atoms with Crippen LogP contribution in [0.3, 0.4) is 0 Å². The third-order valence-electron chi connectivity index (χ3n) is 4.16. The van der Waals surface area contributed by atoms with Crippen molar-refractivity contribution in [3.63, 3.8) is 0 Å². The van der Waals surface area contributed by atoms with Gasteiger partial charge in [-0.25, -0.2) is 0 Å². The molecule has 1 N–H and O–H groups in total. The van der Waals surface area contributed by atoms with Crippen molar-refractivity contribution in [2.24, 2.45) is 11.8 Å². The van der Waals surface area contributed by atoms with Crippen molar-refractivity contribution >= 4 is 11.8 Å².